The summed E-state index contributed by atoms with van der Waals surface area (Å²) in [5.41, 5.74) is -0.335. The van der Waals surface area contributed by atoms with Crippen molar-refractivity contribution in [1.82, 2.24) is 4.31 Å². The van der Waals surface area contributed by atoms with E-state index in [9.17, 15) is 18.3 Å². The number of hydrogen-bond acceptors (Lipinski definition) is 4. The molecule has 2 rings (SSSR count). The van der Waals surface area contributed by atoms with Crippen LogP contribution in [0.1, 0.15) is 36.0 Å². The second kappa shape index (κ2) is 6.31. The molecular formula is C13H18N2O5S. The van der Waals surface area contributed by atoms with Crippen molar-refractivity contribution >= 4 is 21.9 Å². The average molecular weight is 314 g/mol. The van der Waals surface area contributed by atoms with Crippen LogP contribution in [0.25, 0.3) is 0 Å². The minimum atomic E-state index is -3.79. The maximum Gasteiger partial charge on any atom is 0.337 e. The summed E-state index contributed by atoms with van der Waals surface area (Å²) < 4.78 is 28.3. The van der Waals surface area contributed by atoms with Crippen LogP contribution >= 0.6 is 0 Å². The number of carbonyl (C=O) groups is 1. The molecule has 1 aliphatic heterocycles. The normalized spacial score (nSPS) is 17.1. The number of hydrogen-bond donors (Lipinski definition) is 3. The summed E-state index contributed by atoms with van der Waals surface area (Å²) in [5, 5.41) is 18.4. The molecule has 0 aromatic heterocycles. The number of carboxylic acid groups (broad SMARTS) is 1. The fraction of sp³-hybridized carbons (Fsp3) is 0.462. The van der Waals surface area contributed by atoms with E-state index in [-0.39, 0.29) is 17.0 Å². The number of anilines is 1. The van der Waals surface area contributed by atoms with E-state index < -0.39 is 16.2 Å². The maximum absolute atomic E-state index is 12.3. The van der Waals surface area contributed by atoms with Crippen molar-refractivity contribution < 1.29 is 23.4 Å². The Kier molecular flexibility index (Phi) is 4.69. The Morgan fingerprint density at radius 2 is 1.76 bits per heavy atom. The van der Waals surface area contributed by atoms with Crippen molar-refractivity contribution in [3.63, 3.8) is 0 Å². The SMILES string of the molecule is O=C(O)c1cc(O)ccc1NS(=O)(=O)N1CCCCCC1. The quantitative estimate of drug-likeness (QED) is 0.732. The van der Waals surface area contributed by atoms with Crippen LogP contribution in [-0.2, 0) is 10.2 Å². The predicted molar refractivity (Wildman–Crippen MR) is 77.6 cm³/mol. The summed E-state index contributed by atoms with van der Waals surface area (Å²) in [6.45, 7) is 0.853. The number of nitrogens with one attached hydrogen (secondary N) is 1. The van der Waals surface area contributed by atoms with Crippen LogP contribution in [0.15, 0.2) is 18.2 Å². The van der Waals surface area contributed by atoms with E-state index in [2.05, 4.69) is 4.72 Å². The Bertz CT molecular complexity index is 621. The Morgan fingerprint density at radius 3 is 2.33 bits per heavy atom. The minimum Gasteiger partial charge on any atom is -0.508 e. The highest BCUT2D eigenvalue weighted by atomic mass is 32.2. The molecule has 0 spiro atoms. The van der Waals surface area contributed by atoms with Gasteiger partial charge in [-0.3, -0.25) is 4.72 Å². The van der Waals surface area contributed by atoms with E-state index in [0.717, 1.165) is 31.7 Å². The smallest absolute Gasteiger partial charge is 0.337 e. The number of aromatic carboxylic acids is 1. The molecule has 7 nitrogen and oxygen atoms in total. The van der Waals surface area contributed by atoms with Crippen molar-refractivity contribution in [3.8, 4) is 5.75 Å². The lowest BCUT2D eigenvalue weighted by Gasteiger charge is -2.21. The predicted octanol–water partition coefficient (Wildman–Crippen LogP) is 1.62. The molecule has 1 aliphatic rings. The molecule has 21 heavy (non-hydrogen) atoms. The Morgan fingerprint density at radius 1 is 1.14 bits per heavy atom. The topological polar surface area (TPSA) is 107 Å². The molecule has 0 aliphatic carbocycles. The molecule has 0 atom stereocenters. The molecule has 0 amide bonds. The molecule has 0 unspecified atom stereocenters. The fourth-order valence-electron chi connectivity index (χ4n) is 2.28. The lowest BCUT2D eigenvalue weighted by molar-refractivity contribution is 0.0697. The second-order valence-electron chi connectivity index (χ2n) is 4.96. The van der Waals surface area contributed by atoms with Gasteiger partial charge in [-0.25, -0.2) is 4.79 Å². The van der Waals surface area contributed by atoms with Crippen LogP contribution in [-0.4, -0.2) is 42.0 Å². The van der Waals surface area contributed by atoms with Gasteiger partial charge in [0.2, 0.25) is 0 Å². The molecule has 1 heterocycles. The van der Waals surface area contributed by atoms with Gasteiger partial charge >= 0.3 is 16.2 Å². The molecule has 116 valence electrons. The van der Waals surface area contributed by atoms with Gasteiger partial charge < -0.3 is 10.2 Å². The van der Waals surface area contributed by atoms with E-state index in [0.29, 0.717) is 13.1 Å². The molecule has 8 heteroatoms. The summed E-state index contributed by atoms with van der Waals surface area (Å²) in [4.78, 5) is 11.1. The lowest BCUT2D eigenvalue weighted by atomic mass is 10.2. The van der Waals surface area contributed by atoms with Gasteiger partial charge in [-0.1, -0.05) is 12.8 Å². The molecule has 1 aromatic rings. The van der Waals surface area contributed by atoms with Gasteiger partial charge in [-0.15, -0.1) is 0 Å². The summed E-state index contributed by atoms with van der Waals surface area (Å²) in [7, 11) is -3.79. The Hall–Kier alpha value is -1.80. The Labute approximate surface area is 123 Å². The highest BCUT2D eigenvalue weighted by molar-refractivity contribution is 7.90. The number of nitrogens with zero attached hydrogens (tertiary/aromatic N) is 1. The molecule has 1 aromatic carbocycles. The lowest BCUT2D eigenvalue weighted by Crippen LogP contribution is -2.36. The number of benzene rings is 1. The van der Waals surface area contributed by atoms with Gasteiger partial charge in [0.15, 0.2) is 0 Å². The van der Waals surface area contributed by atoms with Crippen LogP contribution in [0.4, 0.5) is 5.69 Å². The molecule has 1 saturated heterocycles. The number of rotatable bonds is 4. The van der Waals surface area contributed by atoms with E-state index >= 15 is 0 Å². The van der Waals surface area contributed by atoms with Crippen LogP contribution in [0.3, 0.4) is 0 Å². The number of aromatic hydroxyl groups is 1. The first kappa shape index (κ1) is 15.6. The summed E-state index contributed by atoms with van der Waals surface area (Å²) in [5.74, 6) is -1.54. The third-order valence-corrected chi connectivity index (χ3v) is 4.90. The number of phenols is 1. The van der Waals surface area contributed by atoms with Crippen LogP contribution in [0.2, 0.25) is 0 Å². The summed E-state index contributed by atoms with van der Waals surface area (Å²) in [6.07, 6.45) is 3.57. The summed E-state index contributed by atoms with van der Waals surface area (Å²) >= 11 is 0. The van der Waals surface area contributed by atoms with Crippen molar-refractivity contribution in [2.45, 2.75) is 25.7 Å². The van der Waals surface area contributed by atoms with Crippen molar-refractivity contribution in [2.75, 3.05) is 17.8 Å². The number of carboxylic acids is 1. The van der Waals surface area contributed by atoms with Crippen molar-refractivity contribution in [2.24, 2.45) is 0 Å². The van der Waals surface area contributed by atoms with Crippen LogP contribution in [0, 0.1) is 0 Å². The van der Waals surface area contributed by atoms with Gasteiger partial charge in [0.25, 0.3) is 0 Å². The minimum absolute atomic E-state index is 0.0513. The fourth-order valence-corrected chi connectivity index (χ4v) is 3.61. The molecule has 0 radical (unpaired) electrons. The zero-order valence-electron chi connectivity index (χ0n) is 11.4. The molecule has 3 N–H and O–H groups in total. The molecular weight excluding hydrogens is 296 g/mol. The van der Waals surface area contributed by atoms with E-state index in [1.54, 1.807) is 0 Å². The third-order valence-electron chi connectivity index (χ3n) is 3.38. The molecule has 0 bridgehead atoms. The van der Waals surface area contributed by atoms with Gasteiger partial charge in [0.05, 0.1) is 11.3 Å². The van der Waals surface area contributed by atoms with Crippen LogP contribution in [0.5, 0.6) is 5.75 Å². The first-order chi connectivity index (χ1) is 9.90. The highest BCUT2D eigenvalue weighted by Crippen LogP contribution is 2.24. The van der Waals surface area contributed by atoms with Gasteiger partial charge in [0, 0.05) is 13.1 Å². The van der Waals surface area contributed by atoms with Crippen molar-refractivity contribution in [3.05, 3.63) is 23.8 Å². The highest BCUT2D eigenvalue weighted by Gasteiger charge is 2.24. The third kappa shape index (κ3) is 3.85. The number of phenolic OH excluding ortho intramolecular Hbond substituents is 1. The van der Waals surface area contributed by atoms with Gasteiger partial charge in [0.1, 0.15) is 5.75 Å². The average Bonchev–Trinajstić information content (AvgIpc) is 2.70. The standard InChI is InChI=1S/C13H18N2O5S/c16-10-5-6-12(11(9-10)13(17)18)14-21(19,20)15-7-3-1-2-4-8-15/h5-6,9,14,16H,1-4,7-8H2,(H,17,18). The largest absolute Gasteiger partial charge is 0.508 e. The maximum atomic E-state index is 12.3. The van der Waals surface area contributed by atoms with Gasteiger partial charge in [-0.2, -0.15) is 12.7 Å². The second-order valence-corrected chi connectivity index (χ2v) is 6.63. The summed E-state index contributed by atoms with van der Waals surface area (Å²) in [6, 6.07) is 3.50. The van der Waals surface area contributed by atoms with Crippen LogP contribution < -0.4 is 4.72 Å². The van der Waals surface area contributed by atoms with Gasteiger partial charge in [-0.05, 0) is 31.0 Å². The first-order valence-electron chi connectivity index (χ1n) is 6.74. The molecule has 0 saturated carbocycles. The first-order valence-corrected chi connectivity index (χ1v) is 8.18. The van der Waals surface area contributed by atoms with E-state index in [1.807, 2.05) is 0 Å². The van der Waals surface area contributed by atoms with Crippen molar-refractivity contribution in [1.29, 1.82) is 0 Å². The van der Waals surface area contributed by atoms with E-state index in [4.69, 9.17) is 5.11 Å². The zero-order chi connectivity index (χ0) is 15.5. The Balaban J connectivity index is 2.25. The zero-order valence-corrected chi connectivity index (χ0v) is 12.3. The van der Waals surface area contributed by atoms with E-state index in [1.165, 1.54) is 16.4 Å². The molecule has 1 fully saturated rings. The monoisotopic (exact) mass is 314 g/mol.